The number of aromatic nitrogens is 4. The first kappa shape index (κ1) is 19.8. The van der Waals surface area contributed by atoms with E-state index in [1.54, 1.807) is 30.1 Å². The molecule has 2 heterocycles. The van der Waals surface area contributed by atoms with E-state index in [-0.39, 0.29) is 17.5 Å². The molecule has 0 unspecified atom stereocenters. The van der Waals surface area contributed by atoms with Gasteiger partial charge in [0.1, 0.15) is 11.6 Å². The highest BCUT2D eigenvalue weighted by Gasteiger charge is 2.13. The Hall–Kier alpha value is -1.91. The molecule has 0 saturated carbocycles. The first-order chi connectivity index (χ1) is 13.2. The molecule has 0 atom stereocenters. The minimum absolute atomic E-state index is 0.118. The molecule has 2 aromatic heterocycles. The summed E-state index contributed by atoms with van der Waals surface area (Å²) in [6.45, 7) is 2.76. The summed E-state index contributed by atoms with van der Waals surface area (Å²) in [5, 5.41) is 14.4. The Kier molecular flexibility index (Phi) is 7.25. The zero-order valence-corrected chi connectivity index (χ0v) is 17.0. The molecule has 0 spiro atoms. The van der Waals surface area contributed by atoms with Crippen molar-refractivity contribution in [2.45, 2.75) is 30.1 Å². The van der Waals surface area contributed by atoms with Crippen LogP contribution in [0.2, 0.25) is 0 Å². The SMILES string of the molecule is CCn1c(CSCc2ccc(F)cc2)nnc1SCC(=O)Nc1nccs1. The summed E-state index contributed by atoms with van der Waals surface area (Å²) in [5.74, 6) is 2.25. The molecule has 0 saturated heterocycles. The quantitative estimate of drug-likeness (QED) is 0.523. The van der Waals surface area contributed by atoms with Gasteiger partial charge < -0.3 is 9.88 Å². The maximum atomic E-state index is 12.9. The molecule has 142 valence electrons. The minimum atomic E-state index is -0.227. The smallest absolute Gasteiger partial charge is 0.236 e. The van der Waals surface area contributed by atoms with Crippen molar-refractivity contribution in [1.82, 2.24) is 19.7 Å². The van der Waals surface area contributed by atoms with E-state index >= 15 is 0 Å². The predicted molar refractivity (Wildman–Crippen MR) is 109 cm³/mol. The van der Waals surface area contributed by atoms with Crippen molar-refractivity contribution in [2.24, 2.45) is 0 Å². The van der Waals surface area contributed by atoms with E-state index in [2.05, 4.69) is 20.5 Å². The normalized spacial score (nSPS) is 10.9. The van der Waals surface area contributed by atoms with Gasteiger partial charge in [0.25, 0.3) is 0 Å². The summed E-state index contributed by atoms with van der Waals surface area (Å²) in [5.41, 5.74) is 1.07. The Morgan fingerprint density at radius 1 is 1.26 bits per heavy atom. The van der Waals surface area contributed by atoms with Crippen LogP contribution in [0.4, 0.5) is 9.52 Å². The summed E-state index contributed by atoms with van der Waals surface area (Å²) in [6.07, 6.45) is 1.65. The molecule has 27 heavy (non-hydrogen) atoms. The van der Waals surface area contributed by atoms with Crippen molar-refractivity contribution in [1.29, 1.82) is 0 Å². The van der Waals surface area contributed by atoms with Crippen molar-refractivity contribution in [3.8, 4) is 0 Å². The van der Waals surface area contributed by atoms with E-state index < -0.39 is 0 Å². The van der Waals surface area contributed by atoms with E-state index in [0.29, 0.717) is 10.9 Å². The van der Waals surface area contributed by atoms with Crippen molar-refractivity contribution < 1.29 is 9.18 Å². The molecule has 0 aliphatic carbocycles. The number of nitrogens with one attached hydrogen (secondary N) is 1. The molecule has 1 N–H and O–H groups in total. The van der Waals surface area contributed by atoms with E-state index in [0.717, 1.165) is 28.8 Å². The first-order valence-corrected chi connectivity index (χ1v) is 11.2. The van der Waals surface area contributed by atoms with Gasteiger partial charge in [-0.25, -0.2) is 9.37 Å². The zero-order valence-electron chi connectivity index (χ0n) is 14.6. The van der Waals surface area contributed by atoms with Crippen LogP contribution < -0.4 is 5.32 Å². The van der Waals surface area contributed by atoms with Gasteiger partial charge >= 0.3 is 0 Å². The van der Waals surface area contributed by atoms with E-state index in [1.807, 2.05) is 16.9 Å². The van der Waals surface area contributed by atoms with Crippen LogP contribution >= 0.6 is 34.9 Å². The highest BCUT2D eigenvalue weighted by atomic mass is 32.2. The molecule has 3 aromatic rings. The number of hydrogen-bond donors (Lipinski definition) is 1. The molecular weight excluding hydrogens is 405 g/mol. The lowest BCUT2D eigenvalue weighted by Gasteiger charge is -2.07. The number of thiazole rings is 1. The summed E-state index contributed by atoms with van der Waals surface area (Å²) in [6, 6.07) is 6.51. The summed E-state index contributed by atoms with van der Waals surface area (Å²) in [7, 11) is 0. The predicted octanol–water partition coefficient (Wildman–Crippen LogP) is 4.06. The topological polar surface area (TPSA) is 72.7 Å². The van der Waals surface area contributed by atoms with Crippen LogP contribution in [0.3, 0.4) is 0 Å². The van der Waals surface area contributed by atoms with E-state index in [4.69, 9.17) is 0 Å². The van der Waals surface area contributed by atoms with Gasteiger partial charge in [-0.15, -0.1) is 33.3 Å². The van der Waals surface area contributed by atoms with Gasteiger partial charge in [0.2, 0.25) is 5.91 Å². The molecular formula is C17H18FN5OS3. The third kappa shape index (κ3) is 5.78. The van der Waals surface area contributed by atoms with Crippen LogP contribution in [0, 0.1) is 5.82 Å². The molecule has 1 amide bonds. The number of halogens is 1. The number of carbonyl (C=O) groups excluding carboxylic acids is 1. The second kappa shape index (κ2) is 9.86. The lowest BCUT2D eigenvalue weighted by molar-refractivity contribution is -0.113. The molecule has 0 fully saturated rings. The fourth-order valence-corrected chi connectivity index (χ4v) is 4.55. The maximum absolute atomic E-state index is 12.9. The number of thioether (sulfide) groups is 2. The fourth-order valence-electron chi connectivity index (χ4n) is 2.26. The Bertz CT molecular complexity index is 867. The Morgan fingerprint density at radius 3 is 2.78 bits per heavy atom. The van der Waals surface area contributed by atoms with E-state index in [1.165, 1.54) is 35.2 Å². The largest absolute Gasteiger partial charge is 0.306 e. The Labute approximate surface area is 169 Å². The molecule has 0 radical (unpaired) electrons. The van der Waals surface area contributed by atoms with Crippen LogP contribution in [-0.4, -0.2) is 31.4 Å². The molecule has 0 aliphatic heterocycles. The third-order valence-electron chi connectivity index (χ3n) is 3.53. The Morgan fingerprint density at radius 2 is 2.07 bits per heavy atom. The first-order valence-electron chi connectivity index (χ1n) is 8.22. The van der Waals surface area contributed by atoms with Crippen molar-refractivity contribution in [2.75, 3.05) is 11.1 Å². The summed E-state index contributed by atoms with van der Waals surface area (Å²) < 4.78 is 15.0. The van der Waals surface area contributed by atoms with Crippen LogP contribution in [0.1, 0.15) is 18.3 Å². The van der Waals surface area contributed by atoms with Gasteiger partial charge in [-0.3, -0.25) is 4.79 Å². The van der Waals surface area contributed by atoms with Crippen molar-refractivity contribution >= 4 is 45.9 Å². The van der Waals surface area contributed by atoms with Crippen LogP contribution in [0.5, 0.6) is 0 Å². The van der Waals surface area contributed by atoms with Crippen LogP contribution in [0.15, 0.2) is 41.0 Å². The highest BCUT2D eigenvalue weighted by molar-refractivity contribution is 7.99. The second-order valence-electron chi connectivity index (χ2n) is 5.44. The van der Waals surface area contributed by atoms with Crippen LogP contribution in [0.25, 0.3) is 0 Å². The maximum Gasteiger partial charge on any atom is 0.236 e. The molecule has 0 aliphatic rings. The number of anilines is 1. The molecule has 3 rings (SSSR count). The highest BCUT2D eigenvalue weighted by Crippen LogP contribution is 2.22. The summed E-state index contributed by atoms with van der Waals surface area (Å²) >= 11 is 4.43. The lowest BCUT2D eigenvalue weighted by Crippen LogP contribution is -2.14. The Balaban J connectivity index is 1.51. The number of benzene rings is 1. The molecule has 6 nitrogen and oxygen atoms in total. The fraction of sp³-hybridized carbons (Fsp3) is 0.294. The van der Waals surface area contributed by atoms with Gasteiger partial charge in [0.15, 0.2) is 10.3 Å². The van der Waals surface area contributed by atoms with Crippen molar-refractivity contribution in [3.05, 3.63) is 53.0 Å². The number of nitrogens with zero attached hydrogens (tertiary/aromatic N) is 4. The summed E-state index contributed by atoms with van der Waals surface area (Å²) in [4.78, 5) is 16.0. The number of amides is 1. The number of rotatable bonds is 9. The van der Waals surface area contributed by atoms with Gasteiger partial charge in [-0.05, 0) is 24.6 Å². The average molecular weight is 424 g/mol. The molecule has 0 bridgehead atoms. The van der Waals surface area contributed by atoms with E-state index in [9.17, 15) is 9.18 Å². The number of carbonyl (C=O) groups is 1. The third-order valence-corrected chi connectivity index (χ3v) is 6.19. The van der Waals surface area contributed by atoms with Gasteiger partial charge in [0, 0.05) is 23.9 Å². The van der Waals surface area contributed by atoms with Gasteiger partial charge in [-0.1, -0.05) is 23.9 Å². The molecule has 1 aromatic carbocycles. The monoisotopic (exact) mass is 423 g/mol. The zero-order chi connectivity index (χ0) is 19.1. The number of hydrogen-bond acceptors (Lipinski definition) is 7. The van der Waals surface area contributed by atoms with Crippen molar-refractivity contribution in [3.63, 3.8) is 0 Å². The van der Waals surface area contributed by atoms with Gasteiger partial charge in [0.05, 0.1) is 11.5 Å². The second-order valence-corrected chi connectivity index (χ2v) is 8.26. The standard InChI is InChI=1S/C17H18FN5OS3/c1-2-23-14(10-25-9-12-3-5-13(18)6-4-12)21-22-17(23)27-11-15(24)20-16-19-7-8-26-16/h3-8H,2,9-11H2,1H3,(H,19,20,24). The minimum Gasteiger partial charge on any atom is -0.306 e. The van der Waals surface area contributed by atoms with Gasteiger partial charge in [-0.2, -0.15) is 0 Å². The van der Waals surface area contributed by atoms with Crippen LogP contribution in [-0.2, 0) is 22.8 Å². The lowest BCUT2D eigenvalue weighted by atomic mass is 10.2. The molecule has 10 heteroatoms. The average Bonchev–Trinajstić information content (AvgIpc) is 3.31.